The van der Waals surface area contributed by atoms with E-state index < -0.39 is 0 Å². The highest BCUT2D eigenvalue weighted by molar-refractivity contribution is 7.10. The van der Waals surface area contributed by atoms with Crippen molar-refractivity contribution in [1.82, 2.24) is 15.2 Å². The molecule has 0 bridgehead atoms. The zero-order chi connectivity index (χ0) is 17.1. The van der Waals surface area contributed by atoms with Gasteiger partial charge in [0.25, 0.3) is 0 Å². The molecule has 24 heavy (non-hydrogen) atoms. The molecule has 5 heteroatoms. The second kappa shape index (κ2) is 7.45. The van der Waals surface area contributed by atoms with Gasteiger partial charge in [-0.15, -0.1) is 11.3 Å². The Bertz CT molecular complexity index is 710. The summed E-state index contributed by atoms with van der Waals surface area (Å²) in [6.07, 6.45) is 0.936. The van der Waals surface area contributed by atoms with E-state index in [1.165, 1.54) is 10.4 Å². The highest BCUT2D eigenvalue weighted by Crippen LogP contribution is 2.37. The fraction of sp³-hybridized carbons (Fsp3) is 0.474. The second-order valence-electron chi connectivity index (χ2n) is 6.77. The molecule has 1 N–H and O–H groups in total. The predicted octanol–water partition coefficient (Wildman–Crippen LogP) is 3.17. The molecule has 0 saturated carbocycles. The van der Waals surface area contributed by atoms with Crippen LogP contribution in [-0.4, -0.2) is 35.4 Å². The summed E-state index contributed by atoms with van der Waals surface area (Å²) in [5.74, 6) is 0.692. The van der Waals surface area contributed by atoms with E-state index in [1.54, 1.807) is 11.3 Å². The molecule has 3 heterocycles. The number of thiophene rings is 1. The van der Waals surface area contributed by atoms with Crippen LogP contribution in [0.4, 0.5) is 0 Å². The number of pyridine rings is 1. The third kappa shape index (κ3) is 3.68. The number of hydrogen-bond donors (Lipinski definition) is 1. The van der Waals surface area contributed by atoms with Crippen molar-refractivity contribution in [3.05, 3.63) is 51.5 Å². The molecule has 3 rings (SSSR count). The Balaban J connectivity index is 1.86. The lowest BCUT2D eigenvalue weighted by molar-refractivity contribution is -0.132. The number of carbonyl (C=O) groups is 1. The second-order valence-corrected chi connectivity index (χ2v) is 7.77. The number of amides is 1. The molecule has 2 aromatic heterocycles. The van der Waals surface area contributed by atoms with Gasteiger partial charge in [-0.05, 0) is 54.9 Å². The fourth-order valence-electron chi connectivity index (χ4n) is 3.19. The molecule has 2 aromatic rings. The minimum absolute atomic E-state index is 0.0618. The van der Waals surface area contributed by atoms with Crippen molar-refractivity contribution in [2.24, 2.45) is 5.92 Å². The van der Waals surface area contributed by atoms with E-state index in [0.29, 0.717) is 12.5 Å². The Hall–Kier alpha value is -1.72. The predicted molar refractivity (Wildman–Crippen MR) is 98.3 cm³/mol. The molecule has 128 valence electrons. The smallest absolute Gasteiger partial charge is 0.237 e. The first kappa shape index (κ1) is 17.1. The first-order valence-corrected chi connectivity index (χ1v) is 9.44. The molecular formula is C19H25N3OS. The summed E-state index contributed by atoms with van der Waals surface area (Å²) in [6.45, 7) is 8.30. The number of carbonyl (C=O) groups excluding carboxylic acids is 1. The maximum atomic E-state index is 12.8. The maximum Gasteiger partial charge on any atom is 0.237 e. The minimum Gasteiger partial charge on any atom is -0.328 e. The van der Waals surface area contributed by atoms with Crippen LogP contribution in [0.5, 0.6) is 0 Å². The van der Waals surface area contributed by atoms with Crippen molar-refractivity contribution in [2.45, 2.75) is 33.2 Å². The first-order valence-electron chi connectivity index (χ1n) is 8.56. The SMILES string of the molecule is Cc1cccc([C@@H]2c3ccsc3CCN2C(=O)CNCC(C)C)n1. The topological polar surface area (TPSA) is 45.2 Å². The van der Waals surface area contributed by atoms with E-state index in [9.17, 15) is 4.79 Å². The Morgan fingerprint density at radius 1 is 1.42 bits per heavy atom. The van der Waals surface area contributed by atoms with Gasteiger partial charge in [0.05, 0.1) is 12.2 Å². The number of rotatable bonds is 5. The molecule has 0 aromatic carbocycles. The van der Waals surface area contributed by atoms with Crippen LogP contribution < -0.4 is 5.32 Å². The molecule has 1 amide bonds. The van der Waals surface area contributed by atoms with Gasteiger partial charge in [-0.3, -0.25) is 9.78 Å². The summed E-state index contributed by atoms with van der Waals surface area (Å²) in [7, 11) is 0. The molecule has 0 spiro atoms. The third-order valence-corrected chi connectivity index (χ3v) is 5.30. The van der Waals surface area contributed by atoms with Gasteiger partial charge in [-0.1, -0.05) is 19.9 Å². The van der Waals surface area contributed by atoms with Crippen LogP contribution in [0.15, 0.2) is 29.6 Å². The van der Waals surface area contributed by atoms with Gasteiger partial charge >= 0.3 is 0 Å². The van der Waals surface area contributed by atoms with Crippen LogP contribution in [0.1, 0.15) is 41.7 Å². The molecule has 1 aliphatic heterocycles. The van der Waals surface area contributed by atoms with E-state index in [0.717, 1.165) is 30.9 Å². The Morgan fingerprint density at radius 2 is 2.25 bits per heavy atom. The van der Waals surface area contributed by atoms with Crippen LogP contribution in [-0.2, 0) is 11.2 Å². The number of aromatic nitrogens is 1. The lowest BCUT2D eigenvalue weighted by Crippen LogP contribution is -2.44. The molecule has 0 unspecified atom stereocenters. The van der Waals surface area contributed by atoms with Crippen LogP contribution in [0.3, 0.4) is 0 Å². The Morgan fingerprint density at radius 3 is 3.00 bits per heavy atom. The molecule has 4 nitrogen and oxygen atoms in total. The minimum atomic E-state index is -0.0618. The van der Waals surface area contributed by atoms with E-state index >= 15 is 0 Å². The Kier molecular flexibility index (Phi) is 5.31. The normalized spacial score (nSPS) is 17.2. The van der Waals surface area contributed by atoms with Crippen molar-refractivity contribution >= 4 is 17.2 Å². The van der Waals surface area contributed by atoms with E-state index in [-0.39, 0.29) is 11.9 Å². The highest BCUT2D eigenvalue weighted by Gasteiger charge is 2.33. The molecule has 0 aliphatic carbocycles. The number of aryl methyl sites for hydroxylation is 1. The summed E-state index contributed by atoms with van der Waals surface area (Å²) in [6, 6.07) is 8.14. The number of fused-ring (bicyclic) bond motifs is 1. The highest BCUT2D eigenvalue weighted by atomic mass is 32.1. The average molecular weight is 343 g/mol. The van der Waals surface area contributed by atoms with Crippen molar-refractivity contribution in [2.75, 3.05) is 19.6 Å². The molecule has 1 aliphatic rings. The summed E-state index contributed by atoms with van der Waals surface area (Å²) >= 11 is 1.78. The summed E-state index contributed by atoms with van der Waals surface area (Å²) in [5, 5.41) is 5.40. The van der Waals surface area contributed by atoms with Gasteiger partial charge in [-0.25, -0.2) is 0 Å². The zero-order valence-corrected chi connectivity index (χ0v) is 15.4. The van der Waals surface area contributed by atoms with Crippen LogP contribution in [0, 0.1) is 12.8 Å². The molecular weight excluding hydrogens is 318 g/mol. The molecule has 0 saturated heterocycles. The van der Waals surface area contributed by atoms with Gasteiger partial charge < -0.3 is 10.2 Å². The van der Waals surface area contributed by atoms with Gasteiger partial charge in [0, 0.05) is 17.1 Å². The van der Waals surface area contributed by atoms with Gasteiger partial charge in [-0.2, -0.15) is 0 Å². The van der Waals surface area contributed by atoms with Crippen molar-refractivity contribution in [3.8, 4) is 0 Å². The van der Waals surface area contributed by atoms with Gasteiger partial charge in [0.2, 0.25) is 5.91 Å². The lowest BCUT2D eigenvalue weighted by Gasteiger charge is -2.36. The number of nitrogens with one attached hydrogen (secondary N) is 1. The third-order valence-electron chi connectivity index (χ3n) is 4.31. The fourth-order valence-corrected chi connectivity index (χ4v) is 4.09. The maximum absolute atomic E-state index is 12.8. The first-order chi connectivity index (χ1) is 11.6. The van der Waals surface area contributed by atoms with Crippen molar-refractivity contribution in [1.29, 1.82) is 0 Å². The van der Waals surface area contributed by atoms with Crippen LogP contribution in [0.2, 0.25) is 0 Å². The van der Waals surface area contributed by atoms with Crippen molar-refractivity contribution in [3.63, 3.8) is 0 Å². The van der Waals surface area contributed by atoms with Crippen LogP contribution in [0.25, 0.3) is 0 Å². The van der Waals surface area contributed by atoms with E-state index in [2.05, 4.69) is 30.6 Å². The standard InChI is InChI=1S/C19H25N3OS/c1-13(2)11-20-12-18(23)22-9-7-17-15(8-10-24-17)19(22)16-6-4-5-14(3)21-16/h4-6,8,10,13,19-20H,7,9,11-12H2,1-3H3/t19-/m0/s1. The summed E-state index contributed by atoms with van der Waals surface area (Å²) < 4.78 is 0. The van der Waals surface area contributed by atoms with Gasteiger partial charge in [0.15, 0.2) is 0 Å². The number of nitrogens with zero attached hydrogens (tertiary/aromatic N) is 2. The zero-order valence-electron chi connectivity index (χ0n) is 14.6. The van der Waals surface area contributed by atoms with Crippen molar-refractivity contribution < 1.29 is 4.79 Å². The average Bonchev–Trinajstić information content (AvgIpc) is 3.01. The quantitative estimate of drug-likeness (QED) is 0.907. The largest absolute Gasteiger partial charge is 0.328 e. The number of hydrogen-bond acceptors (Lipinski definition) is 4. The van der Waals surface area contributed by atoms with Crippen LogP contribution >= 0.6 is 11.3 Å². The lowest BCUT2D eigenvalue weighted by atomic mass is 9.96. The molecule has 0 fully saturated rings. The molecule has 1 atom stereocenters. The van der Waals surface area contributed by atoms with Gasteiger partial charge in [0.1, 0.15) is 6.04 Å². The summed E-state index contributed by atoms with van der Waals surface area (Å²) in [5.41, 5.74) is 3.19. The monoisotopic (exact) mass is 343 g/mol. The Labute approximate surface area is 147 Å². The van der Waals surface area contributed by atoms with E-state index in [1.807, 2.05) is 30.0 Å². The molecule has 0 radical (unpaired) electrons. The summed E-state index contributed by atoms with van der Waals surface area (Å²) in [4.78, 5) is 20.9. The van der Waals surface area contributed by atoms with E-state index in [4.69, 9.17) is 4.98 Å².